The van der Waals surface area contributed by atoms with E-state index in [1.165, 1.54) is 16.7 Å². The van der Waals surface area contributed by atoms with Crippen molar-refractivity contribution in [3.05, 3.63) is 94.5 Å². The Morgan fingerprint density at radius 1 is 1.05 bits per heavy atom. The van der Waals surface area contributed by atoms with Crippen LogP contribution in [0.25, 0.3) is 0 Å². The van der Waals surface area contributed by atoms with Crippen LogP contribution in [0.2, 0.25) is 0 Å². The summed E-state index contributed by atoms with van der Waals surface area (Å²) in [6, 6.07) is 22.6. The Hall–Kier alpha value is -3.35. The molecule has 2 aliphatic carbocycles. The van der Waals surface area contributed by atoms with Crippen LogP contribution in [0.4, 0.5) is 0 Å². The Bertz CT molecular complexity index is 1440. The van der Waals surface area contributed by atoms with Crippen molar-refractivity contribution < 1.29 is 19.7 Å². The highest BCUT2D eigenvalue weighted by molar-refractivity contribution is 5.76. The SMILES string of the molecule is COc1c(O)ccc2c1[C@]13CCN(CCc4ccccc4)[C@H](C2)[C@]1(O)CCC(N(C)C(=O)CCc1cccc(C)c1)C3. The summed E-state index contributed by atoms with van der Waals surface area (Å²) in [4.78, 5) is 17.9. The minimum atomic E-state index is -0.974. The number of hydrogen-bond acceptors (Lipinski definition) is 5. The molecule has 6 heteroatoms. The van der Waals surface area contributed by atoms with Gasteiger partial charge >= 0.3 is 0 Å². The fraction of sp³-hybridized carbons (Fsp3) is 0.472. The number of phenols is 1. The van der Waals surface area contributed by atoms with Gasteiger partial charge in [0.05, 0.1) is 12.7 Å². The second-order valence-corrected chi connectivity index (χ2v) is 12.8. The van der Waals surface area contributed by atoms with Crippen LogP contribution in [0.5, 0.6) is 11.5 Å². The van der Waals surface area contributed by atoms with Gasteiger partial charge in [-0.25, -0.2) is 0 Å². The third-order valence-electron chi connectivity index (χ3n) is 10.6. The van der Waals surface area contributed by atoms with Crippen LogP contribution in [0.1, 0.15) is 59.9 Å². The molecule has 1 heterocycles. The van der Waals surface area contributed by atoms with Crippen molar-refractivity contribution >= 4 is 5.91 Å². The van der Waals surface area contributed by atoms with E-state index in [2.05, 4.69) is 54.3 Å². The van der Waals surface area contributed by atoms with E-state index < -0.39 is 11.0 Å². The number of aryl methyl sites for hydroxylation is 2. The number of carbonyl (C=O) groups is 1. The first-order chi connectivity index (χ1) is 20.3. The van der Waals surface area contributed by atoms with Crippen LogP contribution in [-0.4, -0.2) is 70.9 Å². The number of aromatic hydroxyl groups is 1. The fourth-order valence-corrected chi connectivity index (χ4v) is 8.38. The number of hydrogen-bond donors (Lipinski definition) is 2. The van der Waals surface area contributed by atoms with E-state index >= 15 is 0 Å². The first-order valence-electron chi connectivity index (χ1n) is 15.5. The maximum atomic E-state index is 13.5. The predicted molar refractivity (Wildman–Crippen MR) is 165 cm³/mol. The number of fused-ring (bicyclic) bond motifs is 1. The van der Waals surface area contributed by atoms with Gasteiger partial charge in [-0.3, -0.25) is 9.69 Å². The molecule has 0 radical (unpaired) electrons. The van der Waals surface area contributed by atoms with E-state index in [0.29, 0.717) is 25.0 Å². The number of methoxy groups -OCH3 is 1. The molecule has 2 N–H and O–H groups in total. The van der Waals surface area contributed by atoms with Crippen LogP contribution >= 0.6 is 0 Å². The molecule has 1 amide bonds. The third-order valence-corrected chi connectivity index (χ3v) is 10.6. The van der Waals surface area contributed by atoms with Gasteiger partial charge in [0.1, 0.15) is 0 Å². The van der Waals surface area contributed by atoms with E-state index in [1.54, 1.807) is 13.2 Å². The Labute approximate surface area is 249 Å². The van der Waals surface area contributed by atoms with Crippen LogP contribution in [0.15, 0.2) is 66.7 Å². The van der Waals surface area contributed by atoms with Crippen LogP contribution in [0.3, 0.4) is 0 Å². The number of piperidine rings is 1. The number of carbonyl (C=O) groups excluding carboxylic acids is 1. The minimum Gasteiger partial charge on any atom is -0.504 e. The van der Waals surface area contributed by atoms with Gasteiger partial charge in [0, 0.05) is 43.1 Å². The summed E-state index contributed by atoms with van der Waals surface area (Å²) in [6.07, 6.45) is 5.61. The van der Waals surface area contributed by atoms with Crippen molar-refractivity contribution in [2.75, 3.05) is 27.2 Å². The molecule has 3 aromatic rings. The Balaban J connectivity index is 1.29. The first-order valence-corrected chi connectivity index (χ1v) is 15.5. The number of nitrogens with zero attached hydrogens (tertiary/aromatic N) is 2. The molecule has 222 valence electrons. The number of likely N-dealkylation sites (tertiary alicyclic amines) is 1. The number of amides is 1. The molecular formula is C36H44N2O4. The Morgan fingerprint density at radius 3 is 2.60 bits per heavy atom. The number of benzene rings is 3. The summed E-state index contributed by atoms with van der Waals surface area (Å²) in [6.45, 7) is 3.82. The van der Waals surface area contributed by atoms with Gasteiger partial charge in [0.15, 0.2) is 11.5 Å². The lowest BCUT2D eigenvalue weighted by atomic mass is 9.48. The van der Waals surface area contributed by atoms with Crippen molar-refractivity contribution in [3.8, 4) is 11.5 Å². The van der Waals surface area contributed by atoms with Gasteiger partial charge in [0.25, 0.3) is 0 Å². The Morgan fingerprint density at radius 2 is 1.83 bits per heavy atom. The number of ether oxygens (including phenoxy) is 1. The second kappa shape index (κ2) is 11.4. The lowest BCUT2D eigenvalue weighted by Gasteiger charge is -2.65. The summed E-state index contributed by atoms with van der Waals surface area (Å²) in [5, 5.41) is 23.7. The van der Waals surface area contributed by atoms with E-state index in [9.17, 15) is 15.0 Å². The zero-order valence-corrected chi connectivity index (χ0v) is 25.2. The summed E-state index contributed by atoms with van der Waals surface area (Å²) >= 11 is 0. The molecule has 0 aromatic heterocycles. The summed E-state index contributed by atoms with van der Waals surface area (Å²) in [5.74, 6) is 0.734. The second-order valence-electron chi connectivity index (χ2n) is 12.8. The molecule has 6 rings (SSSR count). The monoisotopic (exact) mass is 568 g/mol. The molecule has 3 aliphatic rings. The molecule has 6 nitrogen and oxygen atoms in total. The average molecular weight is 569 g/mol. The topological polar surface area (TPSA) is 73.2 Å². The molecule has 0 spiro atoms. The number of rotatable bonds is 8. The summed E-state index contributed by atoms with van der Waals surface area (Å²) in [7, 11) is 3.54. The molecule has 42 heavy (non-hydrogen) atoms. The molecule has 1 aliphatic heterocycles. The fourth-order valence-electron chi connectivity index (χ4n) is 8.38. The summed E-state index contributed by atoms with van der Waals surface area (Å²) < 4.78 is 5.84. The van der Waals surface area contributed by atoms with Gasteiger partial charge in [-0.1, -0.05) is 66.2 Å². The zero-order valence-electron chi connectivity index (χ0n) is 25.2. The van der Waals surface area contributed by atoms with Gasteiger partial charge in [-0.15, -0.1) is 0 Å². The maximum absolute atomic E-state index is 13.5. The Kier molecular flexibility index (Phi) is 7.79. The predicted octanol–water partition coefficient (Wildman–Crippen LogP) is 5.19. The highest BCUT2D eigenvalue weighted by atomic mass is 16.5. The lowest BCUT2D eigenvalue weighted by molar-refractivity contribution is -0.178. The van der Waals surface area contributed by atoms with Crippen molar-refractivity contribution in [1.82, 2.24) is 9.80 Å². The lowest BCUT2D eigenvalue weighted by Crippen LogP contribution is -2.74. The van der Waals surface area contributed by atoms with Crippen molar-refractivity contribution in [2.45, 2.75) is 81.4 Å². The molecular weight excluding hydrogens is 524 g/mol. The van der Waals surface area contributed by atoms with Gasteiger partial charge in [-0.2, -0.15) is 0 Å². The van der Waals surface area contributed by atoms with Crippen molar-refractivity contribution in [2.24, 2.45) is 0 Å². The van der Waals surface area contributed by atoms with Crippen LogP contribution in [-0.2, 0) is 29.5 Å². The van der Waals surface area contributed by atoms with Gasteiger partial charge in [0.2, 0.25) is 5.91 Å². The molecule has 1 saturated heterocycles. The maximum Gasteiger partial charge on any atom is 0.222 e. The largest absolute Gasteiger partial charge is 0.504 e. The van der Waals surface area contributed by atoms with Crippen LogP contribution in [0, 0.1) is 6.92 Å². The number of aliphatic hydroxyl groups is 1. The summed E-state index contributed by atoms with van der Waals surface area (Å²) in [5.41, 5.74) is 4.20. The molecule has 3 aromatic carbocycles. The molecule has 2 bridgehead atoms. The minimum absolute atomic E-state index is 0.00445. The normalized spacial score (nSPS) is 26.7. The molecule has 2 fully saturated rings. The van der Waals surface area contributed by atoms with Crippen molar-refractivity contribution in [3.63, 3.8) is 0 Å². The number of phenolic OH excluding ortho intramolecular Hbond substituents is 1. The first kappa shape index (κ1) is 28.8. The molecule has 4 atom stereocenters. The van der Waals surface area contributed by atoms with Gasteiger partial charge in [-0.05, 0) is 81.2 Å². The van der Waals surface area contributed by atoms with Gasteiger partial charge < -0.3 is 19.8 Å². The zero-order chi connectivity index (χ0) is 29.5. The van der Waals surface area contributed by atoms with Crippen molar-refractivity contribution in [1.29, 1.82) is 0 Å². The van der Waals surface area contributed by atoms with E-state index in [1.807, 2.05) is 30.1 Å². The van der Waals surface area contributed by atoms with E-state index in [0.717, 1.165) is 56.3 Å². The average Bonchev–Trinajstić information content (AvgIpc) is 2.99. The highest BCUT2D eigenvalue weighted by Gasteiger charge is 2.66. The molecule has 1 saturated carbocycles. The van der Waals surface area contributed by atoms with Crippen LogP contribution < -0.4 is 4.74 Å². The quantitative estimate of drug-likeness (QED) is 0.391. The standard InChI is InChI=1S/C36H44N2O4/c1-25-8-7-11-27(22-25)12-15-32(40)37(2)29-16-18-36(41)31-23-28-13-14-30(39)34(42-3)33(28)35(36,24-29)19-21-38(31)20-17-26-9-5-4-6-10-26/h4-11,13-14,22,29,31,39,41H,12,15-21,23-24H2,1-3H3/t29?,31-,35-,36-/m1/s1. The van der Waals surface area contributed by atoms with E-state index in [-0.39, 0.29) is 23.7 Å². The third kappa shape index (κ3) is 4.88. The smallest absolute Gasteiger partial charge is 0.222 e. The molecule has 1 unspecified atom stereocenters. The highest BCUT2D eigenvalue weighted by Crippen LogP contribution is 2.61. The van der Waals surface area contributed by atoms with E-state index in [4.69, 9.17) is 4.74 Å².